The highest BCUT2D eigenvalue weighted by atomic mass is 35.5. The van der Waals surface area contributed by atoms with Gasteiger partial charge in [-0.05, 0) is 23.8 Å². The molecule has 3 aromatic rings. The van der Waals surface area contributed by atoms with Gasteiger partial charge in [-0.3, -0.25) is 4.79 Å². The Morgan fingerprint density at radius 1 is 1.24 bits per heavy atom. The second kappa shape index (κ2) is 5.39. The van der Waals surface area contributed by atoms with Gasteiger partial charge in [0.15, 0.2) is 0 Å². The summed E-state index contributed by atoms with van der Waals surface area (Å²) in [4.78, 5) is 15.5. The highest BCUT2D eigenvalue weighted by Gasteiger charge is 2.13. The van der Waals surface area contributed by atoms with Crippen molar-refractivity contribution >= 4 is 34.8 Å². The number of benzene rings is 1. The van der Waals surface area contributed by atoms with Crippen molar-refractivity contribution in [3.05, 3.63) is 58.5 Å². The van der Waals surface area contributed by atoms with Gasteiger partial charge in [0.2, 0.25) is 5.91 Å². The molecule has 2 N–H and O–H groups in total. The number of amides is 1. The van der Waals surface area contributed by atoms with Crippen molar-refractivity contribution in [2.24, 2.45) is 5.73 Å². The van der Waals surface area contributed by atoms with E-state index >= 15 is 0 Å². The second-order valence-electron chi connectivity index (χ2n) is 4.67. The summed E-state index contributed by atoms with van der Waals surface area (Å²) >= 11 is 12.2. The van der Waals surface area contributed by atoms with E-state index in [9.17, 15) is 4.79 Å². The standard InChI is InChI=1S/C15H11Cl2N3O/c16-10-1-2-11(13(17)7-10)12-8-20-4-3-19-15(20)6-9(12)5-14(18)21/h1-4,6-8H,5H2,(H2,18,21). The maximum absolute atomic E-state index is 11.3. The zero-order valence-electron chi connectivity index (χ0n) is 10.9. The molecule has 106 valence electrons. The number of carbonyl (C=O) groups is 1. The van der Waals surface area contributed by atoms with Gasteiger partial charge in [0.1, 0.15) is 5.65 Å². The predicted molar refractivity (Wildman–Crippen MR) is 83.5 cm³/mol. The van der Waals surface area contributed by atoms with Gasteiger partial charge in [0, 0.05) is 39.8 Å². The number of hydrogen-bond acceptors (Lipinski definition) is 2. The monoisotopic (exact) mass is 319 g/mol. The molecule has 1 aromatic carbocycles. The predicted octanol–water partition coefficient (Wildman–Crippen LogP) is 3.34. The molecule has 0 aliphatic heterocycles. The Bertz CT molecular complexity index is 842. The fourth-order valence-electron chi connectivity index (χ4n) is 2.29. The molecule has 0 aliphatic carbocycles. The third-order valence-corrected chi connectivity index (χ3v) is 3.75. The van der Waals surface area contributed by atoms with Gasteiger partial charge in [-0.15, -0.1) is 0 Å². The van der Waals surface area contributed by atoms with Crippen LogP contribution >= 0.6 is 23.2 Å². The van der Waals surface area contributed by atoms with E-state index in [4.69, 9.17) is 28.9 Å². The number of imidazole rings is 1. The number of rotatable bonds is 3. The van der Waals surface area contributed by atoms with Crippen LogP contribution in [-0.2, 0) is 11.2 Å². The lowest BCUT2D eigenvalue weighted by Gasteiger charge is -2.11. The molecule has 3 rings (SSSR count). The van der Waals surface area contributed by atoms with Gasteiger partial charge in [0.05, 0.1) is 6.42 Å². The van der Waals surface area contributed by atoms with Gasteiger partial charge >= 0.3 is 0 Å². The number of nitrogens with zero attached hydrogens (tertiary/aromatic N) is 2. The topological polar surface area (TPSA) is 60.4 Å². The minimum Gasteiger partial charge on any atom is -0.369 e. The number of fused-ring (bicyclic) bond motifs is 1. The van der Waals surface area contributed by atoms with Crippen molar-refractivity contribution in [2.45, 2.75) is 6.42 Å². The molecule has 0 radical (unpaired) electrons. The first-order chi connectivity index (χ1) is 10.0. The molecule has 0 spiro atoms. The minimum absolute atomic E-state index is 0.123. The van der Waals surface area contributed by atoms with Crippen LogP contribution in [0.2, 0.25) is 10.0 Å². The molecule has 0 unspecified atom stereocenters. The fraction of sp³-hybridized carbons (Fsp3) is 0.0667. The summed E-state index contributed by atoms with van der Waals surface area (Å²) in [6, 6.07) is 7.10. The molecule has 0 aliphatic rings. The lowest BCUT2D eigenvalue weighted by molar-refractivity contribution is -0.117. The number of carbonyl (C=O) groups excluding carboxylic acids is 1. The van der Waals surface area contributed by atoms with E-state index in [0.717, 1.165) is 22.3 Å². The summed E-state index contributed by atoms with van der Waals surface area (Å²) in [5, 5.41) is 1.08. The Morgan fingerprint density at radius 3 is 2.76 bits per heavy atom. The molecular weight excluding hydrogens is 309 g/mol. The average molecular weight is 320 g/mol. The summed E-state index contributed by atoms with van der Waals surface area (Å²) in [6.45, 7) is 0. The summed E-state index contributed by atoms with van der Waals surface area (Å²) in [7, 11) is 0. The Morgan fingerprint density at radius 2 is 2.05 bits per heavy atom. The molecule has 0 saturated carbocycles. The number of nitrogens with two attached hydrogens (primary N) is 1. The zero-order chi connectivity index (χ0) is 15.0. The largest absolute Gasteiger partial charge is 0.369 e. The SMILES string of the molecule is NC(=O)Cc1cc2nccn2cc1-c1ccc(Cl)cc1Cl. The van der Waals surface area contributed by atoms with E-state index in [-0.39, 0.29) is 6.42 Å². The molecule has 4 nitrogen and oxygen atoms in total. The molecular formula is C15H11Cl2N3O. The van der Waals surface area contributed by atoms with Crippen molar-refractivity contribution in [2.75, 3.05) is 0 Å². The first kappa shape index (κ1) is 13.9. The second-order valence-corrected chi connectivity index (χ2v) is 5.52. The smallest absolute Gasteiger partial charge is 0.221 e. The van der Waals surface area contributed by atoms with Crippen LogP contribution in [-0.4, -0.2) is 15.3 Å². The van der Waals surface area contributed by atoms with Crippen LogP contribution in [0.15, 0.2) is 42.9 Å². The first-order valence-electron chi connectivity index (χ1n) is 6.24. The molecule has 0 fully saturated rings. The quantitative estimate of drug-likeness (QED) is 0.804. The van der Waals surface area contributed by atoms with Crippen LogP contribution in [0.3, 0.4) is 0 Å². The van der Waals surface area contributed by atoms with E-state index < -0.39 is 5.91 Å². The van der Waals surface area contributed by atoms with Crippen molar-refractivity contribution in [3.63, 3.8) is 0 Å². The molecule has 2 heterocycles. The molecule has 0 saturated heterocycles. The summed E-state index contributed by atoms with van der Waals surface area (Å²) in [6.07, 6.45) is 5.53. The Hall–Kier alpha value is -2.04. The number of pyridine rings is 1. The van der Waals surface area contributed by atoms with Crippen LogP contribution in [0.25, 0.3) is 16.8 Å². The molecule has 0 atom stereocenters. The van der Waals surface area contributed by atoms with Crippen molar-refractivity contribution in [3.8, 4) is 11.1 Å². The van der Waals surface area contributed by atoms with E-state index in [2.05, 4.69) is 4.98 Å². The first-order valence-corrected chi connectivity index (χ1v) is 6.99. The zero-order valence-corrected chi connectivity index (χ0v) is 12.4. The molecule has 0 bridgehead atoms. The summed E-state index contributed by atoms with van der Waals surface area (Å²) < 4.78 is 1.87. The summed E-state index contributed by atoms with van der Waals surface area (Å²) in [5.41, 5.74) is 8.50. The van der Waals surface area contributed by atoms with E-state index in [0.29, 0.717) is 10.0 Å². The van der Waals surface area contributed by atoms with Crippen molar-refractivity contribution in [1.29, 1.82) is 0 Å². The molecule has 1 amide bonds. The van der Waals surface area contributed by atoms with E-state index in [1.807, 2.05) is 28.9 Å². The van der Waals surface area contributed by atoms with Crippen molar-refractivity contribution in [1.82, 2.24) is 9.38 Å². The van der Waals surface area contributed by atoms with Gasteiger partial charge in [0.25, 0.3) is 0 Å². The van der Waals surface area contributed by atoms with Gasteiger partial charge in [-0.2, -0.15) is 0 Å². The Labute approximate surface area is 131 Å². The third kappa shape index (κ3) is 2.73. The van der Waals surface area contributed by atoms with Crippen LogP contribution in [0.1, 0.15) is 5.56 Å². The van der Waals surface area contributed by atoms with E-state index in [1.54, 1.807) is 18.3 Å². The van der Waals surface area contributed by atoms with Crippen LogP contribution in [0.4, 0.5) is 0 Å². The highest BCUT2D eigenvalue weighted by Crippen LogP contribution is 2.33. The lowest BCUT2D eigenvalue weighted by Crippen LogP contribution is -2.14. The Kier molecular flexibility index (Phi) is 3.57. The third-order valence-electron chi connectivity index (χ3n) is 3.20. The average Bonchev–Trinajstić information content (AvgIpc) is 2.84. The Balaban J connectivity index is 2.25. The lowest BCUT2D eigenvalue weighted by atomic mass is 9.99. The normalized spacial score (nSPS) is 11.0. The van der Waals surface area contributed by atoms with Crippen LogP contribution in [0.5, 0.6) is 0 Å². The summed E-state index contributed by atoms with van der Waals surface area (Å²) in [5.74, 6) is -0.405. The van der Waals surface area contributed by atoms with Crippen LogP contribution in [0, 0.1) is 0 Å². The molecule has 21 heavy (non-hydrogen) atoms. The van der Waals surface area contributed by atoms with Gasteiger partial charge in [-0.25, -0.2) is 4.98 Å². The maximum atomic E-state index is 11.3. The van der Waals surface area contributed by atoms with Crippen LogP contribution < -0.4 is 5.73 Å². The maximum Gasteiger partial charge on any atom is 0.221 e. The number of primary amides is 1. The molecule has 2 aromatic heterocycles. The fourth-order valence-corrected chi connectivity index (χ4v) is 2.80. The van der Waals surface area contributed by atoms with Gasteiger partial charge in [-0.1, -0.05) is 29.3 Å². The highest BCUT2D eigenvalue weighted by molar-refractivity contribution is 6.36. The number of halogens is 2. The van der Waals surface area contributed by atoms with E-state index in [1.165, 1.54) is 0 Å². The van der Waals surface area contributed by atoms with Crippen molar-refractivity contribution < 1.29 is 4.79 Å². The minimum atomic E-state index is -0.405. The van der Waals surface area contributed by atoms with Gasteiger partial charge < -0.3 is 10.1 Å². The number of aromatic nitrogens is 2. The molecule has 6 heteroatoms. The number of hydrogen-bond donors (Lipinski definition) is 1.